The van der Waals surface area contributed by atoms with Crippen molar-refractivity contribution in [2.45, 2.75) is 31.3 Å². The number of amides is 2. The van der Waals surface area contributed by atoms with Crippen LogP contribution in [-0.2, 0) is 26.2 Å². The fourth-order valence-electron chi connectivity index (χ4n) is 3.57. The van der Waals surface area contributed by atoms with Gasteiger partial charge in [-0.2, -0.15) is 0 Å². The molecule has 0 aromatic heterocycles. The van der Waals surface area contributed by atoms with Gasteiger partial charge >= 0.3 is 0 Å². The summed E-state index contributed by atoms with van der Waals surface area (Å²) in [7, 11) is -4.12. The van der Waals surface area contributed by atoms with Crippen molar-refractivity contribution < 1.29 is 22.4 Å². The summed E-state index contributed by atoms with van der Waals surface area (Å²) < 4.78 is 43.6. The third-order valence-electron chi connectivity index (χ3n) is 5.54. The average Bonchev–Trinajstić information content (AvgIpc) is 2.87. The Balaban J connectivity index is 2.02. The number of anilines is 1. The fraction of sp³-hybridized carbons (Fsp3) is 0.231. The maximum atomic E-state index is 14.5. The van der Waals surface area contributed by atoms with Crippen LogP contribution >= 0.6 is 22.6 Å². The third-order valence-corrected chi connectivity index (χ3v) is 8.05. The maximum Gasteiger partial charge on any atom is 0.264 e. The molecule has 10 heteroatoms. The SMILES string of the molecule is CCNC(=O)[C@H](C)N(Cc1ccccc1F)C(=O)CN(c1ccc(I)cc1)S(=O)(=O)c1ccccc1. The minimum Gasteiger partial charge on any atom is -0.355 e. The first-order chi connectivity index (χ1) is 17.1. The number of hydrogen-bond donors (Lipinski definition) is 1. The van der Waals surface area contributed by atoms with Crippen molar-refractivity contribution in [3.05, 3.63) is 93.8 Å². The third kappa shape index (κ3) is 6.61. The highest BCUT2D eigenvalue weighted by atomic mass is 127. The minimum absolute atomic E-state index is 0.0220. The van der Waals surface area contributed by atoms with E-state index >= 15 is 0 Å². The van der Waals surface area contributed by atoms with Crippen LogP contribution in [0.4, 0.5) is 10.1 Å². The van der Waals surface area contributed by atoms with E-state index in [0.717, 1.165) is 7.88 Å². The number of halogens is 2. The highest BCUT2D eigenvalue weighted by Crippen LogP contribution is 2.25. The number of rotatable bonds is 10. The summed E-state index contributed by atoms with van der Waals surface area (Å²) in [6, 6.07) is 19.5. The van der Waals surface area contributed by atoms with E-state index in [9.17, 15) is 22.4 Å². The van der Waals surface area contributed by atoms with Crippen LogP contribution < -0.4 is 9.62 Å². The molecule has 1 atom stereocenters. The Bertz CT molecular complexity index is 1300. The predicted octanol–water partition coefficient (Wildman–Crippen LogP) is 4.18. The van der Waals surface area contributed by atoms with Crippen molar-refractivity contribution in [1.82, 2.24) is 10.2 Å². The van der Waals surface area contributed by atoms with Crippen LogP contribution in [-0.4, -0.2) is 44.3 Å². The number of carbonyl (C=O) groups is 2. The molecule has 1 N–H and O–H groups in total. The zero-order chi connectivity index (χ0) is 26.3. The Kier molecular flexibility index (Phi) is 9.43. The fourth-order valence-corrected chi connectivity index (χ4v) is 5.37. The number of likely N-dealkylation sites (N-methyl/N-ethyl adjacent to an activating group) is 1. The van der Waals surface area contributed by atoms with Crippen molar-refractivity contribution in [2.24, 2.45) is 0 Å². The summed E-state index contributed by atoms with van der Waals surface area (Å²) >= 11 is 2.10. The molecule has 0 fully saturated rings. The topological polar surface area (TPSA) is 86.8 Å². The lowest BCUT2D eigenvalue weighted by atomic mass is 10.1. The number of nitrogens with one attached hydrogen (secondary N) is 1. The van der Waals surface area contributed by atoms with Gasteiger partial charge in [0.05, 0.1) is 10.6 Å². The highest BCUT2D eigenvalue weighted by Gasteiger charge is 2.32. The first-order valence-electron chi connectivity index (χ1n) is 11.3. The molecule has 0 heterocycles. The van der Waals surface area contributed by atoms with E-state index in [-0.39, 0.29) is 17.0 Å². The van der Waals surface area contributed by atoms with E-state index in [1.165, 1.54) is 42.2 Å². The maximum absolute atomic E-state index is 14.5. The monoisotopic (exact) mass is 623 g/mol. The molecule has 0 aliphatic carbocycles. The largest absolute Gasteiger partial charge is 0.355 e. The number of hydrogen-bond acceptors (Lipinski definition) is 4. The van der Waals surface area contributed by atoms with E-state index in [2.05, 4.69) is 27.9 Å². The molecule has 36 heavy (non-hydrogen) atoms. The molecule has 0 radical (unpaired) electrons. The van der Waals surface area contributed by atoms with Crippen LogP contribution in [0.15, 0.2) is 83.8 Å². The Morgan fingerprint density at radius 2 is 1.58 bits per heavy atom. The Labute approximate surface area is 224 Å². The van der Waals surface area contributed by atoms with Gasteiger partial charge in [0, 0.05) is 22.2 Å². The van der Waals surface area contributed by atoms with Crippen LogP contribution in [0.5, 0.6) is 0 Å². The standard InChI is InChI=1S/C26H27FIN3O4S/c1-3-29-26(33)19(2)30(17-20-9-7-8-12-24(20)27)25(32)18-31(22-15-13-21(28)14-16-22)36(34,35)23-10-5-4-6-11-23/h4-16,19H,3,17-18H2,1-2H3,(H,29,33)/t19-/m0/s1. The summed E-state index contributed by atoms with van der Waals surface area (Å²) in [5.74, 6) is -1.59. The molecule has 3 aromatic rings. The quantitative estimate of drug-likeness (QED) is 0.344. The van der Waals surface area contributed by atoms with Gasteiger partial charge < -0.3 is 10.2 Å². The molecule has 0 aliphatic heterocycles. The smallest absolute Gasteiger partial charge is 0.264 e. The first-order valence-corrected chi connectivity index (χ1v) is 13.8. The van der Waals surface area contributed by atoms with Crippen molar-refractivity contribution in [3.8, 4) is 0 Å². The number of nitrogens with zero attached hydrogens (tertiary/aromatic N) is 2. The molecular formula is C26H27FIN3O4S. The summed E-state index contributed by atoms with van der Waals surface area (Å²) in [4.78, 5) is 27.5. The lowest BCUT2D eigenvalue weighted by Gasteiger charge is -2.32. The van der Waals surface area contributed by atoms with Crippen molar-refractivity contribution >= 4 is 50.1 Å². The number of carbonyl (C=O) groups excluding carboxylic acids is 2. The molecule has 7 nitrogen and oxygen atoms in total. The van der Waals surface area contributed by atoms with Gasteiger partial charge in [0.15, 0.2) is 0 Å². The predicted molar refractivity (Wildman–Crippen MR) is 145 cm³/mol. The van der Waals surface area contributed by atoms with E-state index in [0.29, 0.717) is 12.2 Å². The molecule has 0 bridgehead atoms. The average molecular weight is 623 g/mol. The van der Waals surface area contributed by atoms with Crippen LogP contribution in [0.2, 0.25) is 0 Å². The number of benzene rings is 3. The molecule has 2 amide bonds. The normalized spacial score (nSPS) is 12.0. The van der Waals surface area contributed by atoms with Gasteiger partial charge in [-0.3, -0.25) is 13.9 Å². The first kappa shape index (κ1) is 27.6. The molecule has 0 saturated heterocycles. The Morgan fingerprint density at radius 1 is 0.972 bits per heavy atom. The molecule has 0 spiro atoms. The van der Waals surface area contributed by atoms with Crippen LogP contribution in [0.3, 0.4) is 0 Å². The van der Waals surface area contributed by atoms with Gasteiger partial charge in [0.1, 0.15) is 18.4 Å². The van der Waals surface area contributed by atoms with Crippen molar-refractivity contribution in [2.75, 3.05) is 17.4 Å². The molecule has 0 unspecified atom stereocenters. The van der Waals surface area contributed by atoms with Crippen molar-refractivity contribution in [1.29, 1.82) is 0 Å². The number of sulfonamides is 1. The molecule has 0 saturated carbocycles. The lowest BCUT2D eigenvalue weighted by molar-refractivity contribution is -0.139. The van der Waals surface area contributed by atoms with E-state index in [1.54, 1.807) is 55.5 Å². The van der Waals surface area contributed by atoms with Gasteiger partial charge in [-0.05, 0) is 78.9 Å². The van der Waals surface area contributed by atoms with Gasteiger partial charge in [-0.1, -0.05) is 36.4 Å². The minimum atomic E-state index is -4.12. The molecule has 0 aliphatic rings. The molecular weight excluding hydrogens is 596 g/mol. The zero-order valence-corrected chi connectivity index (χ0v) is 22.9. The summed E-state index contributed by atoms with van der Waals surface area (Å²) in [6.07, 6.45) is 0. The van der Waals surface area contributed by atoms with Crippen LogP contribution in [0.1, 0.15) is 19.4 Å². The summed E-state index contributed by atoms with van der Waals surface area (Å²) in [6.45, 7) is 2.86. The molecule has 3 aromatic carbocycles. The molecule has 3 rings (SSSR count). The van der Waals surface area contributed by atoms with E-state index in [4.69, 9.17) is 0 Å². The Hall–Kier alpha value is -2.99. The van der Waals surface area contributed by atoms with Gasteiger partial charge in [-0.15, -0.1) is 0 Å². The zero-order valence-electron chi connectivity index (χ0n) is 19.9. The van der Waals surface area contributed by atoms with E-state index in [1.807, 2.05) is 0 Å². The van der Waals surface area contributed by atoms with Gasteiger partial charge in [-0.25, -0.2) is 12.8 Å². The highest BCUT2D eigenvalue weighted by molar-refractivity contribution is 14.1. The second-order valence-electron chi connectivity index (χ2n) is 7.98. The van der Waals surface area contributed by atoms with Gasteiger partial charge in [0.2, 0.25) is 11.8 Å². The van der Waals surface area contributed by atoms with Crippen LogP contribution in [0, 0.1) is 9.39 Å². The second kappa shape index (κ2) is 12.3. The second-order valence-corrected chi connectivity index (χ2v) is 11.1. The Morgan fingerprint density at radius 3 is 2.19 bits per heavy atom. The van der Waals surface area contributed by atoms with Gasteiger partial charge in [0.25, 0.3) is 10.0 Å². The molecule has 190 valence electrons. The van der Waals surface area contributed by atoms with E-state index < -0.39 is 40.2 Å². The van der Waals surface area contributed by atoms with Crippen molar-refractivity contribution in [3.63, 3.8) is 0 Å². The summed E-state index contributed by atoms with van der Waals surface area (Å²) in [5, 5.41) is 2.67. The lowest BCUT2D eigenvalue weighted by Crippen LogP contribution is -2.51. The summed E-state index contributed by atoms with van der Waals surface area (Å²) in [5.41, 5.74) is 0.512. The van der Waals surface area contributed by atoms with Crippen LogP contribution in [0.25, 0.3) is 0 Å².